The Kier molecular flexibility index (Phi) is 6.04. The number of hydrogen-bond acceptors (Lipinski definition) is 5. The first-order valence-corrected chi connectivity index (χ1v) is 9.09. The molecule has 0 aromatic heterocycles. The van der Waals surface area contributed by atoms with Crippen LogP contribution in [0.15, 0.2) is 42.5 Å². The Bertz CT molecular complexity index is 969. The van der Waals surface area contributed by atoms with Gasteiger partial charge in [0.1, 0.15) is 12.4 Å². The van der Waals surface area contributed by atoms with Gasteiger partial charge in [-0.2, -0.15) is 0 Å². The van der Waals surface area contributed by atoms with E-state index in [4.69, 9.17) is 21.0 Å². The molecule has 0 saturated carbocycles. The molecule has 0 radical (unpaired) electrons. The molecular weight excluding hydrogens is 374 g/mol. The van der Waals surface area contributed by atoms with E-state index < -0.39 is 18.4 Å². The van der Waals surface area contributed by atoms with Crippen LogP contribution < -0.4 is 11.1 Å². The molecule has 0 fully saturated rings. The maximum absolute atomic E-state index is 12.4. The van der Waals surface area contributed by atoms with Gasteiger partial charge in [-0.05, 0) is 54.7 Å². The van der Waals surface area contributed by atoms with Gasteiger partial charge in [0.2, 0.25) is 0 Å². The highest BCUT2D eigenvalue weighted by atomic mass is 16.5. The van der Waals surface area contributed by atoms with Crippen LogP contribution in [0.1, 0.15) is 33.5 Å². The molecule has 0 aliphatic heterocycles. The molecule has 2 aromatic carbocycles. The number of amides is 1. The van der Waals surface area contributed by atoms with Gasteiger partial charge in [-0.15, -0.1) is 0 Å². The van der Waals surface area contributed by atoms with Crippen LogP contribution in [0.4, 0.5) is 5.69 Å². The number of carboxylic acids is 1. The number of rotatable bonds is 7. The molecule has 1 atom stereocenters. The molecule has 1 aliphatic rings. The average Bonchev–Trinajstić information content (AvgIpc) is 2.71. The normalized spacial score (nSPS) is 15.2. The average molecular weight is 395 g/mol. The summed E-state index contributed by atoms with van der Waals surface area (Å²) in [6.07, 6.45) is 1.76. The van der Waals surface area contributed by atoms with Crippen LogP contribution in [0, 0.1) is 5.41 Å². The molecule has 150 valence electrons. The summed E-state index contributed by atoms with van der Waals surface area (Å²) in [4.78, 5) is 34.2. The Morgan fingerprint density at radius 3 is 2.45 bits per heavy atom. The lowest BCUT2D eigenvalue weighted by Gasteiger charge is -2.25. The SMILES string of the molecule is N=C(N)c1ccc(C(=O)Nc2ccc3c(c2)CCC(OCC(=O)C(=O)O)C3)cc1. The summed E-state index contributed by atoms with van der Waals surface area (Å²) < 4.78 is 5.42. The first kappa shape index (κ1) is 20.2. The Hall–Kier alpha value is -3.52. The number of hydrogen-bond donors (Lipinski definition) is 4. The second kappa shape index (κ2) is 8.66. The summed E-state index contributed by atoms with van der Waals surface area (Å²) in [5.74, 6) is -2.76. The summed E-state index contributed by atoms with van der Waals surface area (Å²) in [6, 6.07) is 12.1. The van der Waals surface area contributed by atoms with Crippen molar-refractivity contribution in [3.05, 3.63) is 64.7 Å². The van der Waals surface area contributed by atoms with Crippen LogP contribution in [0.25, 0.3) is 0 Å². The molecule has 3 rings (SSSR count). The molecule has 8 heteroatoms. The number of aryl methyl sites for hydroxylation is 1. The summed E-state index contributed by atoms with van der Waals surface area (Å²) in [7, 11) is 0. The number of carbonyl (C=O) groups excluding carboxylic acids is 2. The van der Waals surface area contributed by atoms with Gasteiger partial charge < -0.3 is 20.9 Å². The number of ether oxygens (including phenoxy) is 1. The zero-order chi connectivity index (χ0) is 21.0. The number of nitrogens with one attached hydrogen (secondary N) is 2. The van der Waals surface area contributed by atoms with Crippen molar-refractivity contribution in [3.8, 4) is 0 Å². The van der Waals surface area contributed by atoms with Crippen molar-refractivity contribution in [1.82, 2.24) is 0 Å². The molecular formula is C21H21N3O5. The molecule has 0 bridgehead atoms. The van der Waals surface area contributed by atoms with Crippen LogP contribution in [0.5, 0.6) is 0 Å². The Morgan fingerprint density at radius 1 is 1.10 bits per heavy atom. The smallest absolute Gasteiger partial charge is 0.374 e. The summed E-state index contributed by atoms with van der Waals surface area (Å²) in [5, 5.41) is 18.9. The van der Waals surface area contributed by atoms with E-state index in [-0.39, 0.29) is 17.8 Å². The number of aliphatic carboxylic acids is 1. The zero-order valence-corrected chi connectivity index (χ0v) is 15.6. The van der Waals surface area contributed by atoms with E-state index in [0.717, 1.165) is 11.1 Å². The van der Waals surface area contributed by atoms with Gasteiger partial charge in [0.05, 0.1) is 6.10 Å². The fraction of sp³-hybridized carbons (Fsp3) is 0.238. The number of amidine groups is 1. The third kappa shape index (κ3) is 5.05. The van der Waals surface area contributed by atoms with E-state index in [2.05, 4.69) is 5.32 Å². The molecule has 8 nitrogen and oxygen atoms in total. The number of carbonyl (C=O) groups is 3. The number of nitrogens with two attached hydrogens (primary N) is 1. The molecule has 0 saturated heterocycles. The van der Waals surface area contributed by atoms with E-state index in [0.29, 0.717) is 36.1 Å². The zero-order valence-electron chi connectivity index (χ0n) is 15.6. The lowest BCUT2D eigenvalue weighted by atomic mass is 9.89. The van der Waals surface area contributed by atoms with Crippen molar-refractivity contribution in [2.24, 2.45) is 5.73 Å². The van der Waals surface area contributed by atoms with E-state index in [1.807, 2.05) is 12.1 Å². The Balaban J connectivity index is 1.61. The number of Topliss-reactive ketones (excluding diaryl/α,β-unsaturated/α-hetero) is 1. The van der Waals surface area contributed by atoms with Crippen molar-refractivity contribution in [2.45, 2.75) is 25.4 Å². The molecule has 5 N–H and O–H groups in total. The minimum absolute atomic E-state index is 0.0544. The lowest BCUT2D eigenvalue weighted by molar-refractivity contribution is -0.152. The monoisotopic (exact) mass is 395 g/mol. The molecule has 1 aliphatic carbocycles. The van der Waals surface area contributed by atoms with Crippen LogP contribution in [0.3, 0.4) is 0 Å². The van der Waals surface area contributed by atoms with Crippen molar-refractivity contribution >= 4 is 29.2 Å². The van der Waals surface area contributed by atoms with Crippen LogP contribution in [-0.4, -0.2) is 41.3 Å². The predicted octanol–water partition coefficient (Wildman–Crippen LogP) is 1.75. The predicted molar refractivity (Wildman–Crippen MR) is 106 cm³/mol. The highest BCUT2D eigenvalue weighted by molar-refractivity contribution is 6.33. The van der Waals surface area contributed by atoms with Gasteiger partial charge >= 0.3 is 5.97 Å². The second-order valence-corrected chi connectivity index (χ2v) is 6.83. The van der Waals surface area contributed by atoms with Crippen LogP contribution in [-0.2, 0) is 27.2 Å². The van der Waals surface area contributed by atoms with E-state index in [1.165, 1.54) is 0 Å². The Morgan fingerprint density at radius 2 is 1.79 bits per heavy atom. The summed E-state index contributed by atoms with van der Waals surface area (Å²) in [5.41, 5.74) is 9.23. The standard InChI is InChI=1S/C21H21N3O5/c22-19(23)12-1-3-13(4-2-12)20(26)24-16-7-5-15-10-17(8-6-14(15)9-16)29-11-18(25)21(27)28/h1-5,7,9,17H,6,8,10-11H2,(H3,22,23)(H,24,26)(H,27,28). The van der Waals surface area contributed by atoms with Gasteiger partial charge in [0, 0.05) is 16.8 Å². The number of anilines is 1. The number of nitrogen functional groups attached to an aromatic ring is 1. The second-order valence-electron chi connectivity index (χ2n) is 6.83. The lowest BCUT2D eigenvalue weighted by Crippen LogP contribution is -2.28. The molecule has 1 unspecified atom stereocenters. The Labute approximate surface area is 167 Å². The van der Waals surface area contributed by atoms with E-state index in [1.54, 1.807) is 30.3 Å². The topological polar surface area (TPSA) is 143 Å². The van der Waals surface area contributed by atoms with Crippen molar-refractivity contribution in [1.29, 1.82) is 5.41 Å². The maximum Gasteiger partial charge on any atom is 0.374 e. The summed E-state index contributed by atoms with van der Waals surface area (Å²) in [6.45, 7) is -0.425. The molecule has 1 amide bonds. The van der Waals surface area contributed by atoms with Gasteiger partial charge in [-0.25, -0.2) is 4.79 Å². The number of benzene rings is 2. The first-order valence-electron chi connectivity index (χ1n) is 9.09. The molecule has 2 aromatic rings. The maximum atomic E-state index is 12.4. The number of ketones is 1. The van der Waals surface area contributed by atoms with Gasteiger partial charge in [-0.1, -0.05) is 18.2 Å². The van der Waals surface area contributed by atoms with E-state index >= 15 is 0 Å². The molecule has 0 heterocycles. The highest BCUT2D eigenvalue weighted by Gasteiger charge is 2.22. The van der Waals surface area contributed by atoms with Crippen molar-refractivity contribution < 1.29 is 24.2 Å². The number of carboxylic acid groups (broad SMARTS) is 1. The molecule has 0 spiro atoms. The third-order valence-corrected chi connectivity index (χ3v) is 4.79. The van der Waals surface area contributed by atoms with Gasteiger partial charge in [-0.3, -0.25) is 15.0 Å². The quantitative estimate of drug-likeness (QED) is 0.320. The third-order valence-electron chi connectivity index (χ3n) is 4.79. The van der Waals surface area contributed by atoms with Crippen molar-refractivity contribution in [3.63, 3.8) is 0 Å². The first-order chi connectivity index (χ1) is 13.8. The van der Waals surface area contributed by atoms with Crippen LogP contribution in [0.2, 0.25) is 0 Å². The number of fused-ring (bicyclic) bond motifs is 1. The van der Waals surface area contributed by atoms with Gasteiger partial charge in [0.25, 0.3) is 11.7 Å². The highest BCUT2D eigenvalue weighted by Crippen LogP contribution is 2.26. The van der Waals surface area contributed by atoms with Crippen molar-refractivity contribution in [2.75, 3.05) is 11.9 Å². The molecule has 29 heavy (non-hydrogen) atoms. The largest absolute Gasteiger partial charge is 0.475 e. The van der Waals surface area contributed by atoms with Crippen LogP contribution >= 0.6 is 0 Å². The van der Waals surface area contributed by atoms with Gasteiger partial charge in [0.15, 0.2) is 0 Å². The fourth-order valence-corrected chi connectivity index (χ4v) is 3.20. The minimum atomic E-state index is -1.49. The fourth-order valence-electron chi connectivity index (χ4n) is 3.20. The van der Waals surface area contributed by atoms with E-state index in [9.17, 15) is 14.4 Å². The minimum Gasteiger partial charge on any atom is -0.475 e. The summed E-state index contributed by atoms with van der Waals surface area (Å²) >= 11 is 0.